The monoisotopic (exact) mass is 262 g/mol. The molecule has 0 aliphatic heterocycles. The predicted molar refractivity (Wildman–Crippen MR) is 70.6 cm³/mol. The topological polar surface area (TPSA) is 0 Å². The second-order valence-corrected chi connectivity index (χ2v) is 4.34. The van der Waals surface area contributed by atoms with Crippen molar-refractivity contribution in [3.05, 3.63) is 77.9 Å². The van der Waals surface area contributed by atoms with E-state index in [4.69, 9.17) is 0 Å². The highest BCUT2D eigenvalue weighted by molar-refractivity contribution is 5.65. The van der Waals surface area contributed by atoms with Crippen molar-refractivity contribution in [3.8, 4) is 0 Å². The summed E-state index contributed by atoms with van der Waals surface area (Å²) in [6.07, 6.45) is -3.74. The average Bonchev–Trinajstić information content (AvgIpc) is 2.39. The summed E-state index contributed by atoms with van der Waals surface area (Å²) in [7, 11) is 0. The van der Waals surface area contributed by atoms with Crippen molar-refractivity contribution < 1.29 is 13.2 Å². The van der Waals surface area contributed by atoms with Crippen LogP contribution in [0, 0.1) is 0 Å². The smallest absolute Gasteiger partial charge is 0.166 e. The highest BCUT2D eigenvalue weighted by Gasteiger charge is 2.29. The molecule has 0 radical (unpaired) electrons. The third-order valence-corrected chi connectivity index (χ3v) is 2.88. The molecule has 2 aromatic rings. The molecule has 0 fully saturated rings. The van der Waals surface area contributed by atoms with Crippen LogP contribution in [0.15, 0.2) is 61.2 Å². The molecule has 0 heterocycles. The van der Waals surface area contributed by atoms with E-state index in [1.807, 2.05) is 30.3 Å². The van der Waals surface area contributed by atoms with Crippen molar-refractivity contribution in [2.75, 3.05) is 0 Å². The Labute approximate surface area is 110 Å². The molecule has 0 amide bonds. The van der Waals surface area contributed by atoms with Gasteiger partial charge in [-0.05, 0) is 35.3 Å². The molecule has 0 aliphatic rings. The number of rotatable bonds is 3. The maximum absolute atomic E-state index is 12.4. The van der Waals surface area contributed by atoms with Crippen LogP contribution in [0.5, 0.6) is 0 Å². The fourth-order valence-corrected chi connectivity index (χ4v) is 1.83. The first-order valence-corrected chi connectivity index (χ1v) is 5.86. The van der Waals surface area contributed by atoms with E-state index < -0.39 is 11.7 Å². The standard InChI is InChI=1S/C16H13F3/c1-12(14-5-3-2-4-6-14)11-13-7-9-15(10-8-13)16(17,18)19/h2-10H,1,11H2. The summed E-state index contributed by atoms with van der Waals surface area (Å²) in [4.78, 5) is 0. The third-order valence-electron chi connectivity index (χ3n) is 2.88. The van der Waals surface area contributed by atoms with Crippen molar-refractivity contribution in [3.63, 3.8) is 0 Å². The van der Waals surface area contributed by atoms with E-state index >= 15 is 0 Å². The minimum absolute atomic E-state index is 0.544. The van der Waals surface area contributed by atoms with Gasteiger partial charge in [-0.3, -0.25) is 0 Å². The molecule has 0 aliphatic carbocycles. The van der Waals surface area contributed by atoms with Crippen molar-refractivity contribution in [2.45, 2.75) is 12.6 Å². The summed E-state index contributed by atoms with van der Waals surface area (Å²) in [6, 6.07) is 14.8. The number of benzene rings is 2. The van der Waals surface area contributed by atoms with Crippen LogP contribution in [0.4, 0.5) is 13.2 Å². The molecule has 2 aromatic carbocycles. The van der Waals surface area contributed by atoms with Gasteiger partial charge < -0.3 is 0 Å². The van der Waals surface area contributed by atoms with Crippen molar-refractivity contribution in [1.82, 2.24) is 0 Å². The lowest BCUT2D eigenvalue weighted by Crippen LogP contribution is -2.04. The Bertz CT molecular complexity index is 551. The Hall–Kier alpha value is -2.03. The zero-order valence-electron chi connectivity index (χ0n) is 10.2. The van der Waals surface area contributed by atoms with Crippen molar-refractivity contribution in [1.29, 1.82) is 0 Å². The van der Waals surface area contributed by atoms with Gasteiger partial charge in [-0.2, -0.15) is 13.2 Å². The Morgan fingerprint density at radius 2 is 1.47 bits per heavy atom. The van der Waals surface area contributed by atoms with Gasteiger partial charge in [-0.1, -0.05) is 49.0 Å². The molecule has 0 atom stereocenters. The molecule has 0 spiro atoms. The lowest BCUT2D eigenvalue weighted by Gasteiger charge is -2.09. The van der Waals surface area contributed by atoms with Crippen LogP contribution in [-0.4, -0.2) is 0 Å². The number of halogens is 3. The maximum Gasteiger partial charge on any atom is 0.416 e. The van der Waals surface area contributed by atoms with E-state index in [1.54, 1.807) is 0 Å². The van der Waals surface area contributed by atoms with Gasteiger partial charge in [0, 0.05) is 0 Å². The average molecular weight is 262 g/mol. The number of alkyl halides is 3. The Morgan fingerprint density at radius 3 is 2.00 bits per heavy atom. The highest BCUT2D eigenvalue weighted by Crippen LogP contribution is 2.29. The molecule has 0 nitrogen and oxygen atoms in total. The van der Waals surface area contributed by atoms with Gasteiger partial charge in [0.25, 0.3) is 0 Å². The summed E-state index contributed by atoms with van der Waals surface area (Å²) in [5, 5.41) is 0. The summed E-state index contributed by atoms with van der Waals surface area (Å²) in [5.41, 5.74) is 2.09. The van der Waals surface area contributed by atoms with Gasteiger partial charge in [-0.25, -0.2) is 0 Å². The van der Waals surface area contributed by atoms with Gasteiger partial charge >= 0.3 is 6.18 Å². The van der Waals surface area contributed by atoms with Gasteiger partial charge in [0.2, 0.25) is 0 Å². The fourth-order valence-electron chi connectivity index (χ4n) is 1.83. The minimum Gasteiger partial charge on any atom is -0.166 e. The first-order valence-electron chi connectivity index (χ1n) is 5.86. The quantitative estimate of drug-likeness (QED) is 0.733. The molecule has 0 saturated carbocycles. The zero-order chi connectivity index (χ0) is 13.9. The van der Waals surface area contributed by atoms with E-state index in [9.17, 15) is 13.2 Å². The molecule has 0 N–H and O–H groups in total. The van der Waals surface area contributed by atoms with Crippen LogP contribution < -0.4 is 0 Å². The Kier molecular flexibility index (Phi) is 3.74. The van der Waals surface area contributed by atoms with Crippen LogP contribution in [0.3, 0.4) is 0 Å². The predicted octanol–water partition coefficient (Wildman–Crippen LogP) is 4.96. The fraction of sp³-hybridized carbons (Fsp3) is 0.125. The molecule has 0 bridgehead atoms. The van der Waals surface area contributed by atoms with Gasteiger partial charge in [0.1, 0.15) is 0 Å². The third kappa shape index (κ3) is 3.47. The van der Waals surface area contributed by atoms with E-state index in [0.717, 1.165) is 28.8 Å². The van der Waals surface area contributed by atoms with Gasteiger partial charge in [0.15, 0.2) is 0 Å². The molecule has 3 heteroatoms. The lowest BCUT2D eigenvalue weighted by atomic mass is 9.99. The van der Waals surface area contributed by atoms with E-state index in [1.165, 1.54) is 12.1 Å². The Balaban J connectivity index is 2.10. The van der Waals surface area contributed by atoms with Gasteiger partial charge in [0.05, 0.1) is 5.56 Å². The Morgan fingerprint density at radius 1 is 0.895 bits per heavy atom. The summed E-state index contributed by atoms with van der Waals surface area (Å²) >= 11 is 0. The second kappa shape index (κ2) is 5.31. The van der Waals surface area contributed by atoms with E-state index in [-0.39, 0.29) is 0 Å². The number of hydrogen-bond donors (Lipinski definition) is 0. The molecule has 0 unspecified atom stereocenters. The minimum atomic E-state index is -4.28. The summed E-state index contributed by atoms with van der Waals surface area (Å²) in [6.45, 7) is 3.97. The molecular weight excluding hydrogens is 249 g/mol. The summed E-state index contributed by atoms with van der Waals surface area (Å²) < 4.78 is 37.3. The number of hydrogen-bond acceptors (Lipinski definition) is 0. The lowest BCUT2D eigenvalue weighted by molar-refractivity contribution is -0.137. The first kappa shape index (κ1) is 13.4. The molecule has 0 saturated heterocycles. The normalized spacial score (nSPS) is 11.3. The summed E-state index contributed by atoms with van der Waals surface area (Å²) in [5.74, 6) is 0. The zero-order valence-corrected chi connectivity index (χ0v) is 10.2. The second-order valence-electron chi connectivity index (χ2n) is 4.34. The van der Waals surface area contributed by atoms with Gasteiger partial charge in [-0.15, -0.1) is 0 Å². The van der Waals surface area contributed by atoms with E-state index in [0.29, 0.717) is 6.42 Å². The highest BCUT2D eigenvalue weighted by atomic mass is 19.4. The number of allylic oxidation sites excluding steroid dienone is 1. The first-order chi connectivity index (χ1) is 8.97. The largest absolute Gasteiger partial charge is 0.416 e. The maximum atomic E-state index is 12.4. The molecule has 98 valence electrons. The van der Waals surface area contributed by atoms with Crippen molar-refractivity contribution >= 4 is 5.57 Å². The van der Waals surface area contributed by atoms with Crippen LogP contribution in [0.2, 0.25) is 0 Å². The SMILES string of the molecule is C=C(Cc1ccc(C(F)(F)F)cc1)c1ccccc1. The molecule has 0 aromatic heterocycles. The molecule has 19 heavy (non-hydrogen) atoms. The van der Waals surface area contributed by atoms with Crippen LogP contribution in [-0.2, 0) is 12.6 Å². The van der Waals surface area contributed by atoms with Crippen LogP contribution in [0.25, 0.3) is 5.57 Å². The molecule has 2 rings (SSSR count). The van der Waals surface area contributed by atoms with E-state index in [2.05, 4.69) is 6.58 Å². The van der Waals surface area contributed by atoms with Crippen LogP contribution >= 0.6 is 0 Å². The molecular formula is C16H13F3. The van der Waals surface area contributed by atoms with Crippen molar-refractivity contribution in [2.24, 2.45) is 0 Å². The van der Waals surface area contributed by atoms with Crippen LogP contribution in [0.1, 0.15) is 16.7 Å².